The summed E-state index contributed by atoms with van der Waals surface area (Å²) in [5.41, 5.74) is -36.9. The molecule has 2 nitrogen and oxygen atoms in total. The van der Waals surface area contributed by atoms with Crippen LogP contribution in [0, 0.1) is 0 Å². The molecule has 10 aromatic carbocycles. The van der Waals surface area contributed by atoms with Crippen LogP contribution in [0.5, 0.6) is 11.5 Å². The van der Waals surface area contributed by atoms with Gasteiger partial charge in [-0.1, -0.05) is 225 Å². The van der Waals surface area contributed by atoms with Crippen LogP contribution in [-0.2, 0) is 16.2 Å². The number of rotatable bonds is 4. The number of anilines is 2. The second-order valence-electron chi connectivity index (χ2n) is 17.3. The van der Waals surface area contributed by atoms with Gasteiger partial charge < -0.3 is 9.64 Å². The first kappa shape index (κ1) is 16.5. The molecule has 1 aliphatic heterocycles. The van der Waals surface area contributed by atoms with Gasteiger partial charge in [0.05, 0.1) is 78.4 Å². The number of hydrogen-bond donors (Lipinski definition) is 0. The summed E-state index contributed by atoms with van der Waals surface area (Å²) >= 11 is 0. The van der Waals surface area contributed by atoms with E-state index < -0.39 is 424 Å². The van der Waals surface area contributed by atoms with Crippen molar-refractivity contribution in [1.29, 1.82) is 0 Å². The molecule has 0 radical (unpaired) electrons. The molecule has 1 heterocycles. The minimum Gasteiger partial charge on any atom is -0.457 e. The molecule has 0 unspecified atom stereocenters. The minimum atomic E-state index is -4.27. The lowest BCUT2D eigenvalue weighted by Crippen LogP contribution is -2.32. The molecular weight excluding hydrogens is 895 g/mol. The summed E-state index contributed by atoms with van der Waals surface area (Å²) in [5, 5.41) is 0. The zero-order valence-corrected chi connectivity index (χ0v) is 37.1. The Bertz CT molecular complexity index is 6700. The number of fused-ring (bicyclic) bond motifs is 21. The molecule has 10 aromatic rings. The van der Waals surface area contributed by atoms with Crippen LogP contribution >= 0.6 is 0 Å². The predicted octanol–water partition coefficient (Wildman–Crippen LogP) is 17.9. The van der Waals surface area contributed by atoms with E-state index in [0.717, 1.165) is 0 Å². The van der Waals surface area contributed by atoms with E-state index in [2.05, 4.69) is 0 Å². The largest absolute Gasteiger partial charge is 0.457 e. The van der Waals surface area contributed by atoms with Gasteiger partial charge in [-0.2, -0.15) is 0 Å². The van der Waals surface area contributed by atoms with Crippen LogP contribution in [0.25, 0.3) is 50.1 Å². The Morgan fingerprint density at radius 3 is 1.54 bits per heavy atom. The van der Waals surface area contributed by atoms with Gasteiger partial charge in [0.15, 0.2) is 0 Å². The van der Waals surface area contributed by atoms with Crippen LogP contribution in [0.15, 0.2) is 259 Å². The Balaban J connectivity index is 1.15. The monoisotopic (exact) mass is 991 g/mol. The summed E-state index contributed by atoms with van der Waals surface area (Å²) in [6.07, 6.45) is -1.44. The molecule has 0 bridgehead atoms. The lowest BCUT2D eigenvalue weighted by Gasteiger charge is -2.39. The third-order valence-electron chi connectivity index (χ3n) is 13.9. The van der Waals surface area contributed by atoms with Gasteiger partial charge in [0, 0.05) is 41.6 Å². The smallest absolute Gasteiger partial charge is 0.132 e. The highest BCUT2D eigenvalue weighted by Crippen LogP contribution is 2.66. The van der Waals surface area contributed by atoms with Crippen LogP contribution in [-0.4, -0.2) is 0 Å². The van der Waals surface area contributed by atoms with E-state index in [1.807, 2.05) is 0 Å². The molecule has 2 spiro atoms. The summed E-state index contributed by atoms with van der Waals surface area (Å²) in [7, 11) is 0. The van der Waals surface area contributed by atoms with Crippen molar-refractivity contribution in [2.24, 2.45) is 0 Å². The molecule has 0 aromatic heterocycles. The molecule has 6 aliphatic rings. The van der Waals surface area contributed by atoms with Gasteiger partial charge in [0.2, 0.25) is 0 Å². The van der Waals surface area contributed by atoms with E-state index in [9.17, 15) is 52.1 Å². The Kier molecular flexibility index (Phi) is 3.36. The summed E-state index contributed by atoms with van der Waals surface area (Å²) in [6.45, 7) is -8.54. The maximum atomic E-state index is 10.7. The van der Waals surface area contributed by atoms with Gasteiger partial charge in [0.1, 0.15) is 11.5 Å². The quantitative estimate of drug-likeness (QED) is 0.174. The highest BCUT2D eigenvalue weighted by Gasteiger charge is 2.54. The number of ether oxygens (including phenoxy) is 1. The normalized spacial score (nSPS) is 26.0. The van der Waals surface area contributed by atoms with Gasteiger partial charge in [-0.15, -0.1) is 0 Å². The fourth-order valence-electron chi connectivity index (χ4n) is 11.1. The zero-order valence-electron chi connectivity index (χ0n) is 84.1. The average molecular weight is 991 g/mol. The zero-order chi connectivity index (χ0) is 89.6. The Labute approximate surface area is 498 Å². The van der Waals surface area contributed by atoms with Crippen LogP contribution in [0.3, 0.4) is 0 Å². The number of allylic oxidation sites excluding steroid dienone is 5. The topological polar surface area (TPSA) is 12.5 Å². The number of nitrogens with zero attached hydrogens (tertiary/aromatic N) is 1. The molecule has 0 N–H and O–H groups in total. The van der Waals surface area contributed by atoms with Crippen molar-refractivity contribution in [2.75, 3.05) is 4.90 Å². The van der Waals surface area contributed by atoms with Crippen molar-refractivity contribution in [1.82, 2.24) is 0 Å². The van der Waals surface area contributed by atoms with Crippen molar-refractivity contribution in [3.05, 3.63) is 315 Å². The predicted molar refractivity (Wildman–Crippen MR) is 302 cm³/mol. The van der Waals surface area contributed by atoms with Gasteiger partial charge >= 0.3 is 0 Å². The Morgan fingerprint density at radius 2 is 0.919 bits per heavy atom. The SMILES string of the molecule is [2H]C1=C([2H])C2=C(C(N(c3c([2H])c([2H])c(-c4c([2H])c([2H])c5c(c4[2H])C4(c6c([2H])c([2H])c([2H])c([2H])c6O5)c5c([2H])c([2H])c([2H])c([2H])c5-c5c([2H])c([2H])c([2H])c([2H])c54)c([2H])c3[2H])c3c([2H])c([2H])c([2H])c4c3-c3c([2H])c([2H])c([2H])c([2H])c3C43c4c([2H])c([2H])c([2H])c([2H])c4-c4c([2H])c([2H])c([2H])c([2H])c43)=C([2H])C1)c1c([2H])c([2H])c([2H])c([2H])c1C2(C([2H])([2H])[2H])C([2H])([2H])[2H]. The molecule has 0 atom stereocenters. The maximum absolute atomic E-state index is 10.7. The summed E-state index contributed by atoms with van der Waals surface area (Å²) in [6, 6.07) is -52.7. The van der Waals surface area contributed by atoms with Crippen LogP contribution < -0.4 is 9.64 Å². The van der Waals surface area contributed by atoms with E-state index in [1.54, 1.807) is 0 Å². The second-order valence-corrected chi connectivity index (χ2v) is 17.3. The minimum absolute atomic E-state index is 0.181. The van der Waals surface area contributed by atoms with Crippen molar-refractivity contribution in [2.45, 2.75) is 36.4 Å². The first-order valence-electron chi connectivity index (χ1n) is 45.8. The van der Waals surface area contributed by atoms with Gasteiger partial charge in [-0.3, -0.25) is 0 Å². The van der Waals surface area contributed by atoms with E-state index in [4.69, 9.17) is 17.1 Å². The van der Waals surface area contributed by atoms with E-state index >= 15 is 0 Å². The molecule has 0 saturated heterocycles. The second kappa shape index (κ2) is 15.0. The van der Waals surface area contributed by atoms with Crippen molar-refractivity contribution >= 4 is 16.9 Å². The van der Waals surface area contributed by atoms with Crippen molar-refractivity contribution in [3.63, 3.8) is 0 Å². The Hall–Kier alpha value is -8.98. The summed E-state index contributed by atoms with van der Waals surface area (Å²) < 4.78 is 460. The fourth-order valence-corrected chi connectivity index (χ4v) is 11.1. The van der Waals surface area contributed by atoms with Gasteiger partial charge in [0.25, 0.3) is 0 Å². The molecule has 0 fully saturated rings. The first-order valence-corrected chi connectivity index (χ1v) is 22.3. The van der Waals surface area contributed by atoms with E-state index in [0.29, 0.717) is 0 Å². The maximum Gasteiger partial charge on any atom is 0.132 e. The molecule has 2 heteroatoms. The molecule has 74 heavy (non-hydrogen) atoms. The highest BCUT2D eigenvalue weighted by atomic mass is 16.5. The van der Waals surface area contributed by atoms with Gasteiger partial charge in [-0.05, 0) is 132 Å². The van der Waals surface area contributed by atoms with Crippen molar-refractivity contribution < 1.29 is 69.2 Å². The van der Waals surface area contributed by atoms with Crippen LogP contribution in [0.1, 0.15) is 140 Å². The third kappa shape index (κ3) is 5.19. The number of hydrogen-bond acceptors (Lipinski definition) is 2. The van der Waals surface area contributed by atoms with Crippen molar-refractivity contribution in [3.8, 4) is 56.0 Å². The summed E-state index contributed by atoms with van der Waals surface area (Å²) in [5.74, 6) is -2.15. The third-order valence-corrected chi connectivity index (χ3v) is 13.9. The Morgan fingerprint density at radius 1 is 0.432 bits per heavy atom. The molecule has 0 saturated carbocycles. The molecule has 16 rings (SSSR count). The molecule has 348 valence electrons. The van der Waals surface area contributed by atoms with Crippen LogP contribution in [0.4, 0.5) is 11.4 Å². The molecule has 5 aliphatic carbocycles. The van der Waals surface area contributed by atoms with E-state index in [1.165, 1.54) is 0 Å². The first-order chi connectivity index (χ1) is 56.0. The van der Waals surface area contributed by atoms with Gasteiger partial charge in [-0.25, -0.2) is 0 Å². The fraction of sp³-hybridized carbons (Fsp3) is 0.0833. The number of benzene rings is 10. The lowest BCUT2D eigenvalue weighted by molar-refractivity contribution is 0.436. The highest BCUT2D eigenvalue weighted by molar-refractivity contribution is 6.03. The molecule has 0 amide bonds. The lowest BCUT2D eigenvalue weighted by atomic mass is 9.66. The average Bonchev–Trinajstić information content (AvgIpc) is 1.50. The number of para-hydroxylation sites is 1. The summed E-state index contributed by atoms with van der Waals surface area (Å²) in [4.78, 5) is 0.181. The van der Waals surface area contributed by atoms with E-state index in [-0.39, 0.29) is 4.90 Å². The molecular formula is C72H49NO. The van der Waals surface area contributed by atoms with Crippen LogP contribution in [0.2, 0.25) is 0 Å². The standard InChI is InChI=1S/C72H49NO/c1-70(2)54-26-9-7-24-52(54)68-61(70)33-15-17-35-64(68)73(65-36-19-34-62-69(65)53-25-8-14-31-59(53)71(62)55-27-10-3-20-48(55)49-21-4-11-28-56(49)71)47-41-38-45(39-42-47)46-40-43-67-63(44-46)72(60-32-16-18-37-66(60)74-67)57-29-12-5-22-50(57)51-23-6-13-30-58(51)72/h3-16,18-44H,17H2,1-2H3/i1D3,2D3,3D,4D,5D,6D,7D,8D,9D,10D,11D,12D,13D,14D,15D,16D,18D,19D,20D,21D,22D,23D,24D,25D,26D,27D,28D,29D,30D,31D,32D,33D,34D,35D,36D,37D,38D,39D,40D,41D,42D,43D,44D.